The Hall–Kier alpha value is -6.33. The molecule has 0 amide bonds. The SMILES string of the molecule is c1ccc2cc(C3N=C(c4ccc5ccc6c7ccccc7ccc6c5c4)N=C(c4cccc5oc6cnccc6c45)N3)ccc2c1. The molecule has 10 rings (SSSR count). The minimum absolute atomic E-state index is 0.343. The van der Waals surface area contributed by atoms with Crippen molar-refractivity contribution in [2.45, 2.75) is 6.17 Å². The van der Waals surface area contributed by atoms with Gasteiger partial charge < -0.3 is 9.73 Å². The van der Waals surface area contributed by atoms with Crippen LogP contribution in [-0.2, 0) is 0 Å². The summed E-state index contributed by atoms with van der Waals surface area (Å²) >= 11 is 0. The lowest BCUT2D eigenvalue weighted by Gasteiger charge is -2.24. The fourth-order valence-electron chi connectivity index (χ4n) is 7.10. The van der Waals surface area contributed by atoms with Crippen molar-refractivity contribution in [1.29, 1.82) is 0 Å². The van der Waals surface area contributed by atoms with Crippen LogP contribution in [0.3, 0.4) is 0 Å². The van der Waals surface area contributed by atoms with Gasteiger partial charge in [0.15, 0.2) is 11.4 Å². The van der Waals surface area contributed by atoms with Crippen LogP contribution >= 0.6 is 0 Å². The molecule has 1 aliphatic heterocycles. The van der Waals surface area contributed by atoms with Gasteiger partial charge in [-0.2, -0.15) is 0 Å². The van der Waals surface area contributed by atoms with Gasteiger partial charge in [-0.15, -0.1) is 0 Å². The monoisotopic (exact) mass is 602 g/mol. The van der Waals surface area contributed by atoms with Gasteiger partial charge in [0.2, 0.25) is 0 Å². The minimum atomic E-state index is -0.343. The molecule has 1 atom stereocenters. The minimum Gasteiger partial charge on any atom is -0.454 e. The van der Waals surface area contributed by atoms with Gasteiger partial charge in [-0.05, 0) is 72.9 Å². The van der Waals surface area contributed by atoms with E-state index in [2.05, 4.69) is 126 Å². The maximum Gasteiger partial charge on any atom is 0.159 e. The molecular weight excluding hydrogens is 576 g/mol. The predicted octanol–water partition coefficient (Wildman–Crippen LogP) is 10.1. The molecule has 0 saturated carbocycles. The molecule has 0 spiro atoms. The first-order valence-electron chi connectivity index (χ1n) is 15.8. The number of fused-ring (bicyclic) bond motifs is 9. The van der Waals surface area contributed by atoms with Crippen LogP contribution in [0.15, 0.2) is 160 Å². The van der Waals surface area contributed by atoms with E-state index in [9.17, 15) is 0 Å². The first-order valence-corrected chi connectivity index (χ1v) is 15.8. The molecule has 1 aliphatic rings. The number of aromatic nitrogens is 1. The van der Waals surface area contributed by atoms with Gasteiger partial charge in [-0.25, -0.2) is 9.98 Å². The van der Waals surface area contributed by atoms with E-state index in [-0.39, 0.29) is 6.17 Å². The molecule has 47 heavy (non-hydrogen) atoms. The second-order valence-corrected chi connectivity index (χ2v) is 12.1. The Balaban J connectivity index is 1.19. The molecule has 2 aromatic heterocycles. The highest BCUT2D eigenvalue weighted by atomic mass is 16.3. The Bertz CT molecular complexity index is 2790. The summed E-state index contributed by atoms with van der Waals surface area (Å²) in [5.41, 5.74) is 4.55. The summed E-state index contributed by atoms with van der Waals surface area (Å²) < 4.78 is 6.20. The lowest BCUT2D eigenvalue weighted by molar-refractivity contribution is 0.666. The lowest BCUT2D eigenvalue weighted by atomic mass is 9.96. The van der Waals surface area contributed by atoms with E-state index < -0.39 is 0 Å². The van der Waals surface area contributed by atoms with Crippen LogP contribution in [-0.4, -0.2) is 16.7 Å². The number of hydrogen-bond acceptors (Lipinski definition) is 5. The Morgan fingerprint density at radius 3 is 2.23 bits per heavy atom. The molecule has 9 aromatic rings. The van der Waals surface area contributed by atoms with Crippen molar-refractivity contribution in [3.63, 3.8) is 0 Å². The van der Waals surface area contributed by atoms with E-state index in [0.717, 1.165) is 44.5 Å². The van der Waals surface area contributed by atoms with Crippen molar-refractivity contribution in [3.8, 4) is 0 Å². The summed E-state index contributed by atoms with van der Waals surface area (Å²) in [6.45, 7) is 0. The Morgan fingerprint density at radius 2 is 1.32 bits per heavy atom. The van der Waals surface area contributed by atoms with Gasteiger partial charge in [0.25, 0.3) is 0 Å². The summed E-state index contributed by atoms with van der Waals surface area (Å²) in [6.07, 6.45) is 3.23. The van der Waals surface area contributed by atoms with Crippen molar-refractivity contribution < 1.29 is 4.42 Å². The van der Waals surface area contributed by atoms with Crippen molar-refractivity contribution in [3.05, 3.63) is 163 Å². The zero-order valence-corrected chi connectivity index (χ0v) is 25.2. The van der Waals surface area contributed by atoms with Crippen LogP contribution in [0.25, 0.3) is 65.0 Å². The molecule has 5 heteroatoms. The molecule has 0 saturated heterocycles. The van der Waals surface area contributed by atoms with Crippen molar-refractivity contribution in [1.82, 2.24) is 10.3 Å². The maximum absolute atomic E-state index is 6.20. The van der Waals surface area contributed by atoms with Gasteiger partial charge in [0.1, 0.15) is 17.6 Å². The largest absolute Gasteiger partial charge is 0.454 e. The molecule has 7 aromatic carbocycles. The van der Waals surface area contributed by atoms with Gasteiger partial charge in [-0.1, -0.05) is 109 Å². The second-order valence-electron chi connectivity index (χ2n) is 12.1. The Morgan fingerprint density at radius 1 is 0.553 bits per heavy atom. The smallest absolute Gasteiger partial charge is 0.159 e. The first-order chi connectivity index (χ1) is 23.3. The Kier molecular flexibility index (Phi) is 5.57. The summed E-state index contributed by atoms with van der Waals surface area (Å²) in [6, 6.07) is 47.1. The third-order valence-electron chi connectivity index (χ3n) is 9.39. The topological polar surface area (TPSA) is 62.8 Å². The molecule has 220 valence electrons. The van der Waals surface area contributed by atoms with E-state index in [1.165, 1.54) is 43.1 Å². The number of furan rings is 1. The summed E-state index contributed by atoms with van der Waals surface area (Å²) in [5, 5.41) is 15.4. The van der Waals surface area contributed by atoms with Gasteiger partial charge >= 0.3 is 0 Å². The van der Waals surface area contributed by atoms with E-state index in [4.69, 9.17) is 14.4 Å². The third kappa shape index (κ3) is 4.14. The molecule has 0 radical (unpaired) electrons. The summed E-state index contributed by atoms with van der Waals surface area (Å²) in [5.74, 6) is 1.44. The standard InChI is InChI=1S/C42H26N4O/c1-2-8-28-22-29(14-12-25(28)6-1)40-44-41(46-42(45-40)35-10-5-11-37-39(35)34-20-21-43-24-38(34)47-37)30-15-13-27-17-18-32-31-9-4-3-7-26(31)16-19-33(32)36(27)23-30/h1-24,40H,(H,44,45,46). The normalized spacial score (nSPS) is 15.0. The van der Waals surface area contributed by atoms with Crippen LogP contribution < -0.4 is 5.32 Å². The highest BCUT2D eigenvalue weighted by Gasteiger charge is 2.24. The number of hydrogen-bond donors (Lipinski definition) is 1. The number of benzene rings is 7. The van der Waals surface area contributed by atoms with Crippen LogP contribution in [0.1, 0.15) is 22.9 Å². The first kappa shape index (κ1) is 25.9. The number of aliphatic imine (C=N–C) groups is 2. The van der Waals surface area contributed by atoms with Crippen molar-refractivity contribution in [2.24, 2.45) is 9.98 Å². The highest BCUT2D eigenvalue weighted by molar-refractivity contribution is 6.23. The zero-order valence-electron chi connectivity index (χ0n) is 25.2. The maximum atomic E-state index is 6.20. The van der Waals surface area contributed by atoms with E-state index in [1.807, 2.05) is 18.2 Å². The fraction of sp³-hybridized carbons (Fsp3) is 0.0238. The average molecular weight is 603 g/mol. The number of nitrogens with one attached hydrogen (secondary N) is 1. The van der Waals surface area contributed by atoms with Crippen molar-refractivity contribution in [2.75, 3.05) is 0 Å². The zero-order chi connectivity index (χ0) is 30.9. The Labute approximate surface area is 269 Å². The number of amidine groups is 2. The molecule has 0 bridgehead atoms. The molecular formula is C42H26N4O. The van der Waals surface area contributed by atoms with E-state index >= 15 is 0 Å². The molecule has 5 nitrogen and oxygen atoms in total. The van der Waals surface area contributed by atoms with Crippen LogP contribution in [0.5, 0.6) is 0 Å². The van der Waals surface area contributed by atoms with Gasteiger partial charge in [0, 0.05) is 28.1 Å². The molecule has 3 heterocycles. The van der Waals surface area contributed by atoms with Crippen LogP contribution in [0.2, 0.25) is 0 Å². The highest BCUT2D eigenvalue weighted by Crippen LogP contribution is 2.35. The third-order valence-corrected chi connectivity index (χ3v) is 9.39. The fourth-order valence-corrected chi connectivity index (χ4v) is 7.10. The van der Waals surface area contributed by atoms with Crippen LogP contribution in [0.4, 0.5) is 0 Å². The van der Waals surface area contributed by atoms with E-state index in [1.54, 1.807) is 12.4 Å². The van der Waals surface area contributed by atoms with Gasteiger partial charge in [0.05, 0.1) is 6.20 Å². The van der Waals surface area contributed by atoms with Crippen molar-refractivity contribution >= 4 is 76.7 Å². The quantitative estimate of drug-likeness (QED) is 0.205. The second kappa shape index (κ2) is 10.1. The number of pyridine rings is 1. The summed E-state index contributed by atoms with van der Waals surface area (Å²) in [4.78, 5) is 14.8. The predicted molar refractivity (Wildman–Crippen MR) is 193 cm³/mol. The summed E-state index contributed by atoms with van der Waals surface area (Å²) in [7, 11) is 0. The number of rotatable bonds is 3. The molecule has 0 fully saturated rings. The van der Waals surface area contributed by atoms with Gasteiger partial charge in [-0.3, -0.25) is 4.98 Å². The molecule has 0 aliphatic carbocycles. The molecule has 1 unspecified atom stereocenters. The number of nitrogens with zero attached hydrogens (tertiary/aromatic N) is 3. The van der Waals surface area contributed by atoms with E-state index in [0.29, 0.717) is 5.84 Å². The molecule has 1 N–H and O–H groups in total. The average Bonchev–Trinajstić information content (AvgIpc) is 3.53. The lowest BCUT2D eigenvalue weighted by Crippen LogP contribution is -2.33. The van der Waals surface area contributed by atoms with Crippen LogP contribution in [0, 0.1) is 0 Å².